The molecule has 0 bridgehead atoms. The van der Waals surface area contributed by atoms with E-state index in [1.807, 2.05) is 6.07 Å². The predicted molar refractivity (Wildman–Crippen MR) is 92.7 cm³/mol. The van der Waals surface area contributed by atoms with Crippen molar-refractivity contribution in [3.05, 3.63) is 47.3 Å². The summed E-state index contributed by atoms with van der Waals surface area (Å²) in [6.45, 7) is 0.316. The van der Waals surface area contributed by atoms with Crippen LogP contribution in [0.2, 0.25) is 0 Å². The number of hydrogen-bond donors (Lipinski definition) is 3. The molecule has 1 aromatic heterocycles. The van der Waals surface area contributed by atoms with E-state index in [4.69, 9.17) is 10.00 Å². The third kappa shape index (κ3) is 4.73. The monoisotopic (exact) mass is 393 g/mol. The smallest absolute Gasteiger partial charge is 0.395 e. The van der Waals surface area contributed by atoms with Crippen molar-refractivity contribution in [2.45, 2.75) is 31.0 Å². The first kappa shape index (κ1) is 19.5. The van der Waals surface area contributed by atoms with E-state index in [1.54, 1.807) is 24.3 Å². The Bertz CT molecular complexity index is 875. The van der Waals surface area contributed by atoms with Crippen molar-refractivity contribution >= 4 is 6.03 Å². The Morgan fingerprint density at radius 2 is 2.25 bits per heavy atom. The Balaban J connectivity index is 1.47. The van der Waals surface area contributed by atoms with Crippen LogP contribution < -0.4 is 15.4 Å². The number of urea groups is 1. The molecule has 148 valence electrons. The van der Waals surface area contributed by atoms with Crippen molar-refractivity contribution in [2.75, 3.05) is 13.2 Å². The number of fused-ring (bicyclic) bond motifs is 1. The summed E-state index contributed by atoms with van der Waals surface area (Å²) in [6.07, 6.45) is -3.18. The number of hydrogen-bond acceptors (Lipinski definition) is 4. The van der Waals surface area contributed by atoms with Gasteiger partial charge >= 0.3 is 12.2 Å². The van der Waals surface area contributed by atoms with Gasteiger partial charge in [0.15, 0.2) is 0 Å². The van der Waals surface area contributed by atoms with Gasteiger partial charge < -0.3 is 15.4 Å². The number of carbonyl (C=O) groups is 1. The Kier molecular flexibility index (Phi) is 5.73. The highest BCUT2D eigenvalue weighted by atomic mass is 19.4. The second kappa shape index (κ2) is 8.21. The van der Waals surface area contributed by atoms with Crippen LogP contribution in [-0.2, 0) is 6.42 Å². The molecule has 2 atom stereocenters. The average Bonchev–Trinajstić information content (AvgIpc) is 3.12. The van der Waals surface area contributed by atoms with Gasteiger partial charge in [-0.25, -0.2) is 4.79 Å². The predicted octanol–water partition coefficient (Wildman–Crippen LogP) is 2.62. The number of rotatable bonds is 5. The van der Waals surface area contributed by atoms with Crippen LogP contribution in [0.15, 0.2) is 30.5 Å². The fourth-order valence-electron chi connectivity index (χ4n) is 3.17. The van der Waals surface area contributed by atoms with E-state index in [9.17, 15) is 18.0 Å². The Morgan fingerprint density at radius 1 is 1.43 bits per heavy atom. The molecule has 0 radical (unpaired) electrons. The second-order valence-electron chi connectivity index (χ2n) is 6.42. The van der Waals surface area contributed by atoms with Gasteiger partial charge in [0.05, 0.1) is 30.3 Å². The van der Waals surface area contributed by atoms with Gasteiger partial charge in [-0.05, 0) is 24.6 Å². The highest BCUT2D eigenvalue weighted by Gasteiger charge is 2.46. The van der Waals surface area contributed by atoms with Gasteiger partial charge in [-0.3, -0.25) is 5.10 Å². The molecular formula is C18H18F3N5O2. The number of nitrogens with zero attached hydrogens (tertiary/aromatic N) is 2. The van der Waals surface area contributed by atoms with Gasteiger partial charge in [0.25, 0.3) is 0 Å². The summed E-state index contributed by atoms with van der Waals surface area (Å²) in [5, 5.41) is 20.2. The molecule has 7 nitrogen and oxygen atoms in total. The Labute approximate surface area is 158 Å². The molecule has 10 heteroatoms. The summed E-state index contributed by atoms with van der Waals surface area (Å²) in [4.78, 5) is 12.0. The van der Waals surface area contributed by atoms with Crippen LogP contribution in [0.25, 0.3) is 0 Å². The van der Waals surface area contributed by atoms with Crippen LogP contribution in [0, 0.1) is 11.3 Å². The number of aromatic nitrogens is 2. The maximum absolute atomic E-state index is 13.3. The van der Waals surface area contributed by atoms with Gasteiger partial charge in [0, 0.05) is 23.7 Å². The lowest BCUT2D eigenvalue weighted by Gasteiger charge is -2.30. The van der Waals surface area contributed by atoms with E-state index in [0.29, 0.717) is 17.0 Å². The highest BCUT2D eigenvalue weighted by Crippen LogP contribution is 2.42. The van der Waals surface area contributed by atoms with E-state index >= 15 is 0 Å². The number of H-pyrrole nitrogens is 1. The number of aromatic amines is 1. The van der Waals surface area contributed by atoms with Crippen LogP contribution in [0.5, 0.6) is 5.75 Å². The maximum atomic E-state index is 13.3. The summed E-state index contributed by atoms with van der Waals surface area (Å²) in [7, 11) is 0. The Morgan fingerprint density at radius 3 is 3.00 bits per heavy atom. The number of alkyl halides is 3. The molecule has 1 aliphatic rings. The molecule has 0 saturated heterocycles. The molecular weight excluding hydrogens is 375 g/mol. The first-order valence-corrected chi connectivity index (χ1v) is 8.63. The second-order valence-corrected chi connectivity index (χ2v) is 6.42. The summed E-state index contributed by atoms with van der Waals surface area (Å²) >= 11 is 0. The normalized spacial score (nSPS) is 18.6. The fourth-order valence-corrected chi connectivity index (χ4v) is 3.17. The molecule has 1 heterocycles. The van der Waals surface area contributed by atoms with Crippen LogP contribution in [0.4, 0.5) is 18.0 Å². The molecule has 0 saturated carbocycles. The van der Waals surface area contributed by atoms with E-state index in [-0.39, 0.29) is 31.6 Å². The van der Waals surface area contributed by atoms with Crippen molar-refractivity contribution in [3.8, 4) is 11.8 Å². The summed E-state index contributed by atoms with van der Waals surface area (Å²) in [5.41, 5.74) is 0.983. The lowest BCUT2D eigenvalue weighted by Crippen LogP contribution is -2.47. The van der Waals surface area contributed by atoms with Crippen molar-refractivity contribution in [1.29, 1.82) is 5.26 Å². The lowest BCUT2D eigenvalue weighted by atomic mass is 9.83. The molecule has 1 aliphatic carbocycles. The molecule has 0 aliphatic heterocycles. The minimum Gasteiger partial charge on any atom is -0.492 e. The number of nitriles is 1. The van der Waals surface area contributed by atoms with Crippen molar-refractivity contribution < 1.29 is 22.7 Å². The van der Waals surface area contributed by atoms with Crippen LogP contribution in [0.3, 0.4) is 0 Å². The fraction of sp³-hybridized carbons (Fsp3) is 0.389. The van der Waals surface area contributed by atoms with Gasteiger partial charge in [-0.1, -0.05) is 6.07 Å². The first-order valence-electron chi connectivity index (χ1n) is 8.63. The molecule has 0 fully saturated rings. The topological polar surface area (TPSA) is 103 Å². The van der Waals surface area contributed by atoms with Crippen molar-refractivity contribution in [2.24, 2.45) is 0 Å². The summed E-state index contributed by atoms with van der Waals surface area (Å²) in [6, 6.07) is 7.34. The van der Waals surface area contributed by atoms with Crippen LogP contribution in [0.1, 0.15) is 29.2 Å². The number of nitrogens with one attached hydrogen (secondary N) is 3. The van der Waals surface area contributed by atoms with Gasteiger partial charge in [-0.2, -0.15) is 23.5 Å². The van der Waals surface area contributed by atoms with Gasteiger partial charge in [-0.15, -0.1) is 0 Å². The van der Waals surface area contributed by atoms with Gasteiger partial charge in [0.1, 0.15) is 12.4 Å². The molecule has 2 unspecified atom stereocenters. The lowest BCUT2D eigenvalue weighted by molar-refractivity contribution is -0.154. The summed E-state index contributed by atoms with van der Waals surface area (Å²) < 4.78 is 45.2. The van der Waals surface area contributed by atoms with Gasteiger partial charge in [0.2, 0.25) is 0 Å². The molecule has 28 heavy (non-hydrogen) atoms. The zero-order valence-corrected chi connectivity index (χ0v) is 14.7. The van der Waals surface area contributed by atoms with E-state index in [2.05, 4.69) is 20.8 Å². The number of halogens is 3. The zero-order chi connectivity index (χ0) is 20.1. The van der Waals surface area contributed by atoms with Crippen molar-refractivity contribution in [3.63, 3.8) is 0 Å². The average molecular weight is 393 g/mol. The molecule has 2 amide bonds. The third-order valence-corrected chi connectivity index (χ3v) is 4.45. The van der Waals surface area contributed by atoms with Crippen LogP contribution >= 0.6 is 0 Å². The van der Waals surface area contributed by atoms with E-state index in [1.165, 1.54) is 6.20 Å². The van der Waals surface area contributed by atoms with Crippen molar-refractivity contribution in [1.82, 2.24) is 20.8 Å². The van der Waals surface area contributed by atoms with E-state index in [0.717, 1.165) is 0 Å². The van der Waals surface area contributed by atoms with E-state index < -0.39 is 24.2 Å². The quantitative estimate of drug-likeness (QED) is 0.680. The maximum Gasteiger partial charge on any atom is 0.395 e. The number of carbonyl (C=O) groups excluding carboxylic acids is 1. The molecule has 1 aromatic carbocycles. The zero-order valence-electron chi connectivity index (χ0n) is 14.7. The van der Waals surface area contributed by atoms with Crippen LogP contribution in [-0.4, -0.2) is 41.6 Å². The highest BCUT2D eigenvalue weighted by molar-refractivity contribution is 5.74. The minimum absolute atomic E-state index is 0.138. The minimum atomic E-state index is -4.40. The molecule has 3 N–H and O–H groups in total. The first-order chi connectivity index (χ1) is 13.4. The number of amides is 2. The molecule has 0 spiro atoms. The third-order valence-electron chi connectivity index (χ3n) is 4.45. The number of benzene rings is 1. The molecule has 3 rings (SSSR count). The molecule has 2 aromatic rings. The number of ether oxygens (including phenoxy) is 1. The summed E-state index contributed by atoms with van der Waals surface area (Å²) in [5.74, 6) is -1.16. The largest absolute Gasteiger partial charge is 0.492 e. The SMILES string of the molecule is N#Cc1cccc(OCCNC(=O)NC2Cc3[nH]ncc3C(C(F)(F)F)C2)c1. The Hall–Kier alpha value is -3.22. The standard InChI is InChI=1S/C18H18F3N5O2/c19-18(20,21)15-7-12(8-16-14(15)10-24-26-16)25-17(27)23-4-5-28-13-3-1-2-11(6-13)9-22/h1-3,6,10,12,15H,4-5,7-8H2,(H,24,26)(H2,23,25,27).